The minimum Gasteiger partial charge on any atom is -0.463 e. The Morgan fingerprint density at radius 2 is 2.28 bits per heavy atom. The first-order valence-corrected chi connectivity index (χ1v) is 6.07. The molecule has 1 heterocycles. The molecule has 1 atom stereocenters. The SMILES string of the molecule is COC(=O)c1occc1CNC(C)CCN(C)C. The van der Waals surface area contributed by atoms with Crippen molar-refractivity contribution >= 4 is 5.97 Å². The van der Waals surface area contributed by atoms with Crippen LogP contribution in [0.4, 0.5) is 0 Å². The Hall–Kier alpha value is -1.33. The molecule has 1 aromatic rings. The average molecular weight is 254 g/mol. The Balaban J connectivity index is 2.43. The van der Waals surface area contributed by atoms with Crippen LogP contribution in [0.5, 0.6) is 0 Å². The van der Waals surface area contributed by atoms with Gasteiger partial charge in [0.2, 0.25) is 5.76 Å². The van der Waals surface area contributed by atoms with E-state index in [-0.39, 0.29) is 5.76 Å². The van der Waals surface area contributed by atoms with E-state index in [0.29, 0.717) is 12.6 Å². The lowest BCUT2D eigenvalue weighted by atomic mass is 10.2. The molecule has 1 unspecified atom stereocenters. The monoisotopic (exact) mass is 254 g/mol. The second kappa shape index (κ2) is 7.18. The molecular weight excluding hydrogens is 232 g/mol. The summed E-state index contributed by atoms with van der Waals surface area (Å²) in [7, 11) is 5.46. The molecule has 0 saturated heterocycles. The van der Waals surface area contributed by atoms with Gasteiger partial charge in [0.05, 0.1) is 13.4 Å². The van der Waals surface area contributed by atoms with Crippen molar-refractivity contribution < 1.29 is 13.9 Å². The van der Waals surface area contributed by atoms with Gasteiger partial charge in [0, 0.05) is 18.2 Å². The summed E-state index contributed by atoms with van der Waals surface area (Å²) in [6.07, 6.45) is 2.56. The first-order valence-electron chi connectivity index (χ1n) is 6.07. The third-order valence-electron chi connectivity index (χ3n) is 2.77. The van der Waals surface area contributed by atoms with Gasteiger partial charge in [0.1, 0.15) is 0 Å². The minimum absolute atomic E-state index is 0.282. The lowest BCUT2D eigenvalue weighted by molar-refractivity contribution is 0.0563. The molecule has 102 valence electrons. The van der Waals surface area contributed by atoms with Crippen molar-refractivity contribution in [2.75, 3.05) is 27.7 Å². The molecule has 0 amide bonds. The van der Waals surface area contributed by atoms with Crippen molar-refractivity contribution in [1.82, 2.24) is 10.2 Å². The van der Waals surface area contributed by atoms with Crippen molar-refractivity contribution in [2.24, 2.45) is 0 Å². The Morgan fingerprint density at radius 1 is 1.56 bits per heavy atom. The van der Waals surface area contributed by atoms with Crippen LogP contribution in [0.25, 0.3) is 0 Å². The summed E-state index contributed by atoms with van der Waals surface area (Å²) < 4.78 is 9.78. The molecule has 0 aliphatic rings. The molecule has 0 radical (unpaired) electrons. The smallest absolute Gasteiger partial charge is 0.374 e. The Bertz CT molecular complexity index is 374. The molecule has 0 fully saturated rings. The van der Waals surface area contributed by atoms with Gasteiger partial charge in [-0.05, 0) is 40.1 Å². The van der Waals surface area contributed by atoms with Gasteiger partial charge in [-0.1, -0.05) is 0 Å². The maximum Gasteiger partial charge on any atom is 0.374 e. The maximum atomic E-state index is 11.4. The quantitative estimate of drug-likeness (QED) is 0.747. The van der Waals surface area contributed by atoms with Crippen LogP contribution in [-0.2, 0) is 11.3 Å². The molecule has 1 N–H and O–H groups in total. The zero-order chi connectivity index (χ0) is 13.5. The van der Waals surface area contributed by atoms with E-state index in [1.165, 1.54) is 13.4 Å². The van der Waals surface area contributed by atoms with Crippen molar-refractivity contribution in [3.63, 3.8) is 0 Å². The number of esters is 1. The second-order valence-corrected chi connectivity index (χ2v) is 4.64. The van der Waals surface area contributed by atoms with Crippen LogP contribution in [0.1, 0.15) is 29.5 Å². The summed E-state index contributed by atoms with van der Waals surface area (Å²) in [5.74, 6) is -0.150. The number of hydrogen-bond acceptors (Lipinski definition) is 5. The van der Waals surface area contributed by atoms with Crippen molar-refractivity contribution in [3.8, 4) is 0 Å². The van der Waals surface area contributed by atoms with Crippen LogP contribution in [-0.4, -0.2) is 44.7 Å². The average Bonchev–Trinajstić information content (AvgIpc) is 2.81. The number of hydrogen-bond donors (Lipinski definition) is 1. The number of nitrogens with one attached hydrogen (secondary N) is 1. The molecule has 5 nitrogen and oxygen atoms in total. The molecule has 0 aliphatic heterocycles. The van der Waals surface area contributed by atoms with E-state index in [0.717, 1.165) is 18.5 Å². The minimum atomic E-state index is -0.433. The van der Waals surface area contributed by atoms with Gasteiger partial charge < -0.3 is 19.4 Å². The zero-order valence-corrected chi connectivity index (χ0v) is 11.5. The summed E-state index contributed by atoms with van der Waals surface area (Å²) in [6, 6.07) is 2.17. The third kappa shape index (κ3) is 4.50. The van der Waals surface area contributed by atoms with E-state index < -0.39 is 5.97 Å². The fourth-order valence-corrected chi connectivity index (χ4v) is 1.58. The molecule has 1 aromatic heterocycles. The van der Waals surface area contributed by atoms with Gasteiger partial charge >= 0.3 is 5.97 Å². The van der Waals surface area contributed by atoms with Gasteiger partial charge in [-0.25, -0.2) is 4.79 Å². The second-order valence-electron chi connectivity index (χ2n) is 4.64. The van der Waals surface area contributed by atoms with Gasteiger partial charge in [0.25, 0.3) is 0 Å². The number of methoxy groups -OCH3 is 1. The van der Waals surface area contributed by atoms with Gasteiger partial charge in [-0.15, -0.1) is 0 Å². The first-order chi connectivity index (χ1) is 8.54. The van der Waals surface area contributed by atoms with Crippen LogP contribution in [0.2, 0.25) is 0 Å². The van der Waals surface area contributed by atoms with Crippen molar-refractivity contribution in [1.29, 1.82) is 0 Å². The Kier molecular flexibility index (Phi) is 5.88. The van der Waals surface area contributed by atoms with Crippen LogP contribution >= 0.6 is 0 Å². The van der Waals surface area contributed by atoms with E-state index in [9.17, 15) is 4.79 Å². The number of carbonyl (C=O) groups excluding carboxylic acids is 1. The number of carbonyl (C=O) groups is 1. The fourth-order valence-electron chi connectivity index (χ4n) is 1.58. The van der Waals surface area contributed by atoms with Crippen LogP contribution < -0.4 is 5.32 Å². The van der Waals surface area contributed by atoms with E-state index in [4.69, 9.17) is 4.42 Å². The van der Waals surface area contributed by atoms with E-state index >= 15 is 0 Å². The number of ether oxygens (including phenoxy) is 1. The summed E-state index contributed by atoms with van der Waals surface area (Å²) in [4.78, 5) is 13.6. The lowest BCUT2D eigenvalue weighted by Crippen LogP contribution is -2.29. The largest absolute Gasteiger partial charge is 0.463 e. The zero-order valence-electron chi connectivity index (χ0n) is 11.5. The highest BCUT2D eigenvalue weighted by atomic mass is 16.5. The standard InChI is InChI=1S/C13H22N2O3/c1-10(5-7-15(2)3)14-9-11-6-8-18-12(11)13(16)17-4/h6,8,10,14H,5,7,9H2,1-4H3. The summed E-state index contributed by atoms with van der Waals surface area (Å²) >= 11 is 0. The molecule has 5 heteroatoms. The van der Waals surface area contributed by atoms with Crippen LogP contribution in [0.3, 0.4) is 0 Å². The Morgan fingerprint density at radius 3 is 2.89 bits per heavy atom. The Labute approximate surface area is 108 Å². The van der Waals surface area contributed by atoms with Crippen LogP contribution in [0.15, 0.2) is 16.7 Å². The molecule has 0 saturated carbocycles. The molecule has 18 heavy (non-hydrogen) atoms. The molecule has 0 aromatic carbocycles. The van der Waals surface area contributed by atoms with Gasteiger partial charge in [-0.3, -0.25) is 0 Å². The fraction of sp³-hybridized carbons (Fsp3) is 0.615. The molecule has 0 spiro atoms. The predicted molar refractivity (Wildman–Crippen MR) is 69.5 cm³/mol. The van der Waals surface area contributed by atoms with Gasteiger partial charge in [0.15, 0.2) is 0 Å². The normalized spacial score (nSPS) is 12.7. The molecule has 1 rings (SSSR count). The third-order valence-corrected chi connectivity index (χ3v) is 2.77. The van der Waals surface area contributed by atoms with Crippen molar-refractivity contribution in [3.05, 3.63) is 23.7 Å². The highest BCUT2D eigenvalue weighted by Crippen LogP contribution is 2.12. The van der Waals surface area contributed by atoms with E-state index in [2.05, 4.69) is 36.0 Å². The molecule has 0 bridgehead atoms. The predicted octanol–water partition coefficient (Wildman–Crippen LogP) is 1.50. The van der Waals surface area contributed by atoms with E-state index in [1.807, 2.05) is 0 Å². The summed E-state index contributed by atoms with van der Waals surface area (Å²) in [5, 5.41) is 3.37. The summed E-state index contributed by atoms with van der Waals surface area (Å²) in [5.41, 5.74) is 0.832. The highest BCUT2D eigenvalue weighted by Gasteiger charge is 2.15. The number of rotatable bonds is 7. The van der Waals surface area contributed by atoms with E-state index in [1.54, 1.807) is 6.07 Å². The number of nitrogens with zero attached hydrogens (tertiary/aromatic N) is 1. The topological polar surface area (TPSA) is 54.7 Å². The first kappa shape index (κ1) is 14.7. The van der Waals surface area contributed by atoms with Gasteiger partial charge in [-0.2, -0.15) is 0 Å². The molecule has 0 aliphatic carbocycles. The lowest BCUT2D eigenvalue weighted by Gasteiger charge is -2.16. The highest BCUT2D eigenvalue weighted by molar-refractivity contribution is 5.87. The maximum absolute atomic E-state index is 11.4. The van der Waals surface area contributed by atoms with Crippen LogP contribution in [0, 0.1) is 0 Å². The molecular formula is C13H22N2O3. The number of furan rings is 1. The van der Waals surface area contributed by atoms with Crippen molar-refractivity contribution in [2.45, 2.75) is 25.9 Å². The summed E-state index contributed by atoms with van der Waals surface area (Å²) in [6.45, 7) is 3.76.